The molecule has 1 fully saturated rings. The molecule has 0 spiro atoms. The van der Waals surface area contributed by atoms with Gasteiger partial charge in [0.1, 0.15) is 5.54 Å². The molecule has 1 aliphatic rings. The van der Waals surface area contributed by atoms with E-state index in [1.165, 1.54) is 19.3 Å². The molecule has 1 unspecified atom stereocenters. The predicted molar refractivity (Wildman–Crippen MR) is 83.0 cm³/mol. The summed E-state index contributed by atoms with van der Waals surface area (Å²) >= 11 is 12.0. The number of hydrogen-bond acceptors (Lipinski definition) is 2. The Morgan fingerprint density at radius 3 is 2.45 bits per heavy atom. The van der Waals surface area contributed by atoms with Gasteiger partial charge < -0.3 is 5.73 Å². The summed E-state index contributed by atoms with van der Waals surface area (Å²) < 4.78 is 0. The van der Waals surface area contributed by atoms with Crippen LogP contribution in [0.2, 0.25) is 10.0 Å². The molecule has 110 valence electrons. The number of benzene rings is 1. The second kappa shape index (κ2) is 6.33. The maximum atomic E-state index is 12.0. The van der Waals surface area contributed by atoms with Crippen molar-refractivity contribution in [2.45, 2.75) is 50.6 Å². The fraction of sp³-hybridized carbons (Fsp3) is 0.533. The highest BCUT2D eigenvalue weighted by Gasteiger charge is 2.35. The molecule has 1 atom stereocenters. The monoisotopic (exact) mass is 314 g/mol. The van der Waals surface area contributed by atoms with Crippen molar-refractivity contribution in [1.82, 2.24) is 5.32 Å². The van der Waals surface area contributed by atoms with Crippen LogP contribution in [0.4, 0.5) is 0 Å². The summed E-state index contributed by atoms with van der Waals surface area (Å²) in [4.78, 5) is 12.0. The molecule has 2 rings (SSSR count). The minimum absolute atomic E-state index is 0.315. The van der Waals surface area contributed by atoms with E-state index in [0.29, 0.717) is 16.1 Å². The van der Waals surface area contributed by atoms with Gasteiger partial charge in [0.15, 0.2) is 0 Å². The van der Waals surface area contributed by atoms with Crippen molar-refractivity contribution in [1.29, 1.82) is 0 Å². The molecule has 1 aliphatic carbocycles. The van der Waals surface area contributed by atoms with Crippen LogP contribution in [0.3, 0.4) is 0 Å². The summed E-state index contributed by atoms with van der Waals surface area (Å²) in [5, 5.41) is 4.32. The molecule has 5 heteroatoms. The maximum Gasteiger partial charge on any atom is 0.242 e. The Balaban J connectivity index is 2.27. The first-order chi connectivity index (χ1) is 9.43. The van der Waals surface area contributed by atoms with Crippen LogP contribution in [0.15, 0.2) is 18.2 Å². The highest BCUT2D eigenvalue weighted by Crippen LogP contribution is 2.30. The molecular weight excluding hydrogens is 295 g/mol. The lowest BCUT2D eigenvalue weighted by Crippen LogP contribution is -2.54. The zero-order chi connectivity index (χ0) is 14.8. The van der Waals surface area contributed by atoms with Gasteiger partial charge in [0.05, 0.1) is 10.0 Å². The topological polar surface area (TPSA) is 55.1 Å². The molecule has 0 radical (unpaired) electrons. The van der Waals surface area contributed by atoms with E-state index in [1.807, 2.05) is 6.92 Å². The van der Waals surface area contributed by atoms with E-state index in [9.17, 15) is 4.79 Å². The van der Waals surface area contributed by atoms with Gasteiger partial charge in [-0.2, -0.15) is 0 Å². The molecule has 1 amide bonds. The lowest BCUT2D eigenvalue weighted by atomic mass is 9.87. The Kier molecular flexibility index (Phi) is 4.95. The molecule has 1 saturated carbocycles. The Morgan fingerprint density at radius 2 is 1.90 bits per heavy atom. The quantitative estimate of drug-likeness (QED) is 0.891. The second-order valence-electron chi connectivity index (χ2n) is 5.60. The molecule has 0 saturated heterocycles. The largest absolute Gasteiger partial charge is 0.368 e. The third-order valence-electron chi connectivity index (χ3n) is 4.09. The fourth-order valence-corrected chi connectivity index (χ4v) is 3.06. The third kappa shape index (κ3) is 3.27. The van der Waals surface area contributed by atoms with Crippen molar-refractivity contribution in [3.63, 3.8) is 0 Å². The van der Waals surface area contributed by atoms with Crippen molar-refractivity contribution in [3.8, 4) is 0 Å². The first-order valence-corrected chi connectivity index (χ1v) is 7.72. The fourth-order valence-electron chi connectivity index (χ4n) is 2.76. The molecule has 1 aromatic carbocycles. The third-order valence-corrected chi connectivity index (χ3v) is 4.83. The number of carbonyl (C=O) groups excluding carboxylic acids is 1. The zero-order valence-corrected chi connectivity index (χ0v) is 13.1. The number of halogens is 2. The number of primary amides is 1. The van der Waals surface area contributed by atoms with E-state index in [1.54, 1.807) is 18.2 Å². The van der Waals surface area contributed by atoms with Crippen molar-refractivity contribution in [2.75, 3.05) is 0 Å². The van der Waals surface area contributed by atoms with Crippen LogP contribution in [0, 0.1) is 0 Å². The minimum Gasteiger partial charge on any atom is -0.368 e. The van der Waals surface area contributed by atoms with Gasteiger partial charge in [-0.15, -0.1) is 0 Å². The number of nitrogens with one attached hydrogen (secondary N) is 1. The molecule has 20 heavy (non-hydrogen) atoms. The van der Waals surface area contributed by atoms with E-state index in [-0.39, 0.29) is 0 Å². The summed E-state index contributed by atoms with van der Waals surface area (Å²) in [5.74, 6) is -0.401. The Labute approximate surface area is 129 Å². The number of hydrogen-bond donors (Lipinski definition) is 2. The normalized spacial score (nSPS) is 19.6. The van der Waals surface area contributed by atoms with Gasteiger partial charge in [0, 0.05) is 6.04 Å². The van der Waals surface area contributed by atoms with Gasteiger partial charge in [-0.05, 0) is 37.5 Å². The average Bonchev–Trinajstić information content (AvgIpc) is 2.42. The number of amides is 1. The summed E-state index contributed by atoms with van der Waals surface area (Å²) in [7, 11) is 0. The first-order valence-electron chi connectivity index (χ1n) is 6.96. The van der Waals surface area contributed by atoms with Crippen molar-refractivity contribution < 1.29 is 4.79 Å². The van der Waals surface area contributed by atoms with Gasteiger partial charge in [0.25, 0.3) is 0 Å². The molecule has 3 N–H and O–H groups in total. The van der Waals surface area contributed by atoms with Crippen LogP contribution in [-0.2, 0) is 10.3 Å². The van der Waals surface area contributed by atoms with Gasteiger partial charge in [-0.3, -0.25) is 10.1 Å². The van der Waals surface area contributed by atoms with Crippen LogP contribution < -0.4 is 11.1 Å². The van der Waals surface area contributed by atoms with Crippen LogP contribution in [0.25, 0.3) is 0 Å². The van der Waals surface area contributed by atoms with E-state index in [4.69, 9.17) is 28.9 Å². The molecule has 0 bridgehead atoms. The molecule has 0 aliphatic heterocycles. The summed E-state index contributed by atoms with van der Waals surface area (Å²) in [6.45, 7) is 1.81. The minimum atomic E-state index is -0.920. The van der Waals surface area contributed by atoms with Gasteiger partial charge in [0.2, 0.25) is 5.91 Å². The average molecular weight is 315 g/mol. The first kappa shape index (κ1) is 15.6. The molecule has 3 nitrogen and oxygen atoms in total. The van der Waals surface area contributed by atoms with E-state index < -0.39 is 11.4 Å². The highest BCUT2D eigenvalue weighted by molar-refractivity contribution is 6.42. The van der Waals surface area contributed by atoms with Gasteiger partial charge in [-0.25, -0.2) is 0 Å². The highest BCUT2D eigenvalue weighted by atomic mass is 35.5. The summed E-state index contributed by atoms with van der Waals surface area (Å²) in [5.41, 5.74) is 5.46. The van der Waals surface area contributed by atoms with Crippen LogP contribution >= 0.6 is 23.2 Å². The number of rotatable bonds is 4. The van der Waals surface area contributed by atoms with Gasteiger partial charge >= 0.3 is 0 Å². The smallest absolute Gasteiger partial charge is 0.242 e. The summed E-state index contributed by atoms with van der Waals surface area (Å²) in [6, 6.07) is 5.53. The number of carbonyl (C=O) groups is 1. The van der Waals surface area contributed by atoms with E-state index in [2.05, 4.69) is 5.32 Å². The summed E-state index contributed by atoms with van der Waals surface area (Å²) in [6.07, 6.45) is 5.79. The van der Waals surface area contributed by atoms with Gasteiger partial charge in [-0.1, -0.05) is 48.5 Å². The Hall–Kier alpha value is -0.770. The van der Waals surface area contributed by atoms with Crippen LogP contribution in [-0.4, -0.2) is 11.9 Å². The zero-order valence-electron chi connectivity index (χ0n) is 11.6. The Morgan fingerprint density at radius 1 is 1.25 bits per heavy atom. The SMILES string of the molecule is CC(NC1CCCCC1)(C(N)=O)c1ccc(Cl)c(Cl)c1. The standard InChI is InChI=1S/C15H20Cl2N2O/c1-15(14(18)20,19-11-5-3-2-4-6-11)10-7-8-12(16)13(17)9-10/h7-9,11,19H,2-6H2,1H3,(H2,18,20). The van der Waals surface area contributed by atoms with Crippen molar-refractivity contribution in [3.05, 3.63) is 33.8 Å². The van der Waals surface area contributed by atoms with E-state index in [0.717, 1.165) is 18.4 Å². The predicted octanol–water partition coefficient (Wildman–Crippen LogP) is 3.62. The van der Waals surface area contributed by atoms with Crippen LogP contribution in [0.5, 0.6) is 0 Å². The lowest BCUT2D eigenvalue weighted by Gasteiger charge is -2.35. The number of nitrogens with two attached hydrogens (primary N) is 1. The van der Waals surface area contributed by atoms with Crippen LogP contribution in [0.1, 0.15) is 44.6 Å². The molecule has 0 heterocycles. The Bertz CT molecular complexity index is 501. The molecular formula is C15H20Cl2N2O. The molecule has 1 aromatic rings. The van der Waals surface area contributed by atoms with E-state index >= 15 is 0 Å². The van der Waals surface area contributed by atoms with Crippen molar-refractivity contribution >= 4 is 29.1 Å². The van der Waals surface area contributed by atoms with Crippen molar-refractivity contribution in [2.24, 2.45) is 5.73 Å². The lowest BCUT2D eigenvalue weighted by molar-refractivity contribution is -0.124. The molecule has 0 aromatic heterocycles. The maximum absolute atomic E-state index is 12.0. The second-order valence-corrected chi connectivity index (χ2v) is 6.41.